The molecule has 1 aromatic heterocycles. The first-order chi connectivity index (χ1) is 14.3. The molecule has 0 aliphatic heterocycles. The van der Waals surface area contributed by atoms with Gasteiger partial charge in [0.15, 0.2) is 5.16 Å². The van der Waals surface area contributed by atoms with Crippen LogP contribution in [0.25, 0.3) is 0 Å². The van der Waals surface area contributed by atoms with E-state index >= 15 is 0 Å². The Morgan fingerprint density at radius 1 is 1.27 bits per heavy atom. The molecule has 0 unspecified atom stereocenters. The molecule has 1 N–H and O–H groups in total. The summed E-state index contributed by atoms with van der Waals surface area (Å²) < 4.78 is 1.84. The zero-order chi connectivity index (χ0) is 21.7. The van der Waals surface area contributed by atoms with Gasteiger partial charge in [-0.15, -0.1) is 10.2 Å². The van der Waals surface area contributed by atoms with Crippen LogP contribution in [-0.4, -0.2) is 31.3 Å². The molecule has 0 saturated carbocycles. The fourth-order valence-corrected chi connectivity index (χ4v) is 3.48. The third-order valence-electron chi connectivity index (χ3n) is 4.14. The van der Waals surface area contributed by atoms with Crippen LogP contribution in [-0.2, 0) is 12.8 Å². The molecule has 2 aromatic carbocycles. The van der Waals surface area contributed by atoms with Crippen molar-refractivity contribution in [3.63, 3.8) is 0 Å². The summed E-state index contributed by atoms with van der Waals surface area (Å²) in [5.74, 6) is 0.312. The van der Waals surface area contributed by atoms with Gasteiger partial charge < -0.3 is 4.57 Å². The maximum atomic E-state index is 12.3. The lowest BCUT2D eigenvalue weighted by atomic mass is 10.1. The van der Waals surface area contributed by atoms with E-state index in [4.69, 9.17) is 11.6 Å². The molecule has 0 saturated heterocycles. The van der Waals surface area contributed by atoms with Crippen molar-refractivity contribution in [2.24, 2.45) is 12.1 Å². The van der Waals surface area contributed by atoms with Gasteiger partial charge in [0.05, 0.1) is 10.6 Å². The molecule has 0 atom stereocenters. The van der Waals surface area contributed by atoms with Crippen LogP contribution in [0.1, 0.15) is 28.4 Å². The average molecular weight is 445 g/mol. The number of rotatable bonds is 7. The normalized spacial score (nSPS) is 11.4. The standard InChI is InChI=1S/C19H17ClN6O3S/c1-12(15-7-8-16(20)17(9-15)26(28)29)22-23-18(27)14-5-3-13(4-6-14)10-30-19-24-21-11-25(19)2/h3-9,11H,10H2,1-2H3,(H,23,27). The van der Waals surface area contributed by atoms with Gasteiger partial charge in [0.2, 0.25) is 0 Å². The minimum atomic E-state index is -0.568. The van der Waals surface area contributed by atoms with Gasteiger partial charge in [-0.05, 0) is 30.7 Å². The Hall–Kier alpha value is -3.24. The Kier molecular flexibility index (Phi) is 6.80. The van der Waals surface area contributed by atoms with Crippen LogP contribution in [0.15, 0.2) is 59.0 Å². The van der Waals surface area contributed by atoms with Gasteiger partial charge in [0, 0.05) is 30.0 Å². The monoisotopic (exact) mass is 444 g/mol. The third-order valence-corrected chi connectivity index (χ3v) is 5.56. The Bertz CT molecular complexity index is 1110. The predicted octanol–water partition coefficient (Wildman–Crippen LogP) is 3.82. The summed E-state index contributed by atoms with van der Waals surface area (Å²) in [6.07, 6.45) is 1.64. The topological polar surface area (TPSA) is 115 Å². The summed E-state index contributed by atoms with van der Waals surface area (Å²) in [4.78, 5) is 22.8. The molecule has 30 heavy (non-hydrogen) atoms. The Labute approximate surface area is 181 Å². The second-order valence-corrected chi connectivity index (χ2v) is 7.62. The van der Waals surface area contributed by atoms with Crippen molar-refractivity contribution < 1.29 is 9.72 Å². The first-order valence-electron chi connectivity index (χ1n) is 8.70. The van der Waals surface area contributed by atoms with E-state index in [0.29, 0.717) is 22.6 Å². The maximum absolute atomic E-state index is 12.3. The number of halogens is 1. The highest BCUT2D eigenvalue weighted by Crippen LogP contribution is 2.25. The van der Waals surface area contributed by atoms with Crippen molar-refractivity contribution in [2.75, 3.05) is 0 Å². The number of carbonyl (C=O) groups is 1. The van der Waals surface area contributed by atoms with Crippen LogP contribution in [0.5, 0.6) is 0 Å². The third kappa shape index (κ3) is 5.22. The fourth-order valence-electron chi connectivity index (χ4n) is 2.44. The van der Waals surface area contributed by atoms with E-state index in [9.17, 15) is 14.9 Å². The summed E-state index contributed by atoms with van der Waals surface area (Å²) in [5.41, 5.74) is 4.63. The zero-order valence-corrected chi connectivity index (χ0v) is 17.6. The van der Waals surface area contributed by atoms with Crippen molar-refractivity contribution in [3.8, 4) is 0 Å². The van der Waals surface area contributed by atoms with Gasteiger partial charge in [0.25, 0.3) is 11.6 Å². The summed E-state index contributed by atoms with van der Waals surface area (Å²) in [6.45, 7) is 1.64. The highest BCUT2D eigenvalue weighted by Gasteiger charge is 2.14. The van der Waals surface area contributed by atoms with E-state index < -0.39 is 4.92 Å². The van der Waals surface area contributed by atoms with Crippen molar-refractivity contribution >= 4 is 40.7 Å². The van der Waals surface area contributed by atoms with Crippen molar-refractivity contribution in [1.29, 1.82) is 0 Å². The molecule has 154 valence electrons. The number of nitrogens with zero attached hydrogens (tertiary/aromatic N) is 5. The lowest BCUT2D eigenvalue weighted by molar-refractivity contribution is -0.384. The van der Waals surface area contributed by atoms with Crippen molar-refractivity contribution in [2.45, 2.75) is 17.8 Å². The summed E-state index contributed by atoms with van der Waals surface area (Å²) in [7, 11) is 1.88. The van der Waals surface area contributed by atoms with E-state index in [2.05, 4.69) is 20.7 Å². The average Bonchev–Trinajstić information content (AvgIpc) is 3.15. The molecule has 3 aromatic rings. The molecule has 0 spiro atoms. The molecule has 0 bridgehead atoms. The second-order valence-electron chi connectivity index (χ2n) is 6.27. The van der Waals surface area contributed by atoms with Crippen LogP contribution in [0.3, 0.4) is 0 Å². The highest BCUT2D eigenvalue weighted by atomic mass is 35.5. The van der Waals surface area contributed by atoms with E-state index in [0.717, 1.165) is 10.7 Å². The first-order valence-corrected chi connectivity index (χ1v) is 10.1. The molecule has 9 nitrogen and oxygen atoms in total. The highest BCUT2D eigenvalue weighted by molar-refractivity contribution is 7.98. The van der Waals surface area contributed by atoms with Crippen LogP contribution < -0.4 is 5.43 Å². The van der Waals surface area contributed by atoms with E-state index in [1.165, 1.54) is 12.1 Å². The van der Waals surface area contributed by atoms with Crippen LogP contribution in [0.2, 0.25) is 5.02 Å². The molecule has 11 heteroatoms. The second kappa shape index (κ2) is 9.51. The molecule has 1 heterocycles. The molecule has 0 aliphatic carbocycles. The van der Waals surface area contributed by atoms with Crippen molar-refractivity contribution in [1.82, 2.24) is 20.2 Å². The van der Waals surface area contributed by atoms with Gasteiger partial charge >= 0.3 is 0 Å². The van der Waals surface area contributed by atoms with E-state index in [1.54, 1.807) is 43.2 Å². The quantitative estimate of drug-likeness (QED) is 0.256. The number of hydrogen-bond acceptors (Lipinski definition) is 7. The van der Waals surface area contributed by atoms with Gasteiger partial charge in [-0.25, -0.2) is 5.43 Å². The zero-order valence-electron chi connectivity index (χ0n) is 16.1. The number of thioether (sulfide) groups is 1. The van der Waals surface area contributed by atoms with E-state index in [-0.39, 0.29) is 16.6 Å². The number of nitrogens with one attached hydrogen (secondary N) is 1. The number of nitro groups is 1. The van der Waals surface area contributed by atoms with E-state index in [1.807, 2.05) is 23.7 Å². The Balaban J connectivity index is 1.62. The minimum absolute atomic E-state index is 0.0398. The molecule has 3 rings (SSSR count). The largest absolute Gasteiger partial charge is 0.312 e. The number of carbonyl (C=O) groups excluding carboxylic acids is 1. The number of nitro benzene ring substituents is 1. The summed E-state index contributed by atoms with van der Waals surface area (Å²) in [5, 5.41) is 23.7. The SMILES string of the molecule is CC(=NNC(=O)c1ccc(CSc2nncn2C)cc1)c1ccc(Cl)c([N+](=O)[O-])c1. The summed E-state index contributed by atoms with van der Waals surface area (Å²) in [6, 6.07) is 11.5. The van der Waals surface area contributed by atoms with Gasteiger partial charge in [-0.3, -0.25) is 14.9 Å². The molecule has 0 fully saturated rings. The van der Waals surface area contributed by atoms with Crippen LogP contribution in [0, 0.1) is 10.1 Å². The molecular formula is C19H17ClN6O3S. The lowest BCUT2D eigenvalue weighted by Crippen LogP contribution is -2.19. The molecule has 0 radical (unpaired) electrons. The maximum Gasteiger partial charge on any atom is 0.288 e. The van der Waals surface area contributed by atoms with Crippen LogP contribution >= 0.6 is 23.4 Å². The number of aryl methyl sites for hydroxylation is 1. The van der Waals surface area contributed by atoms with Crippen molar-refractivity contribution in [3.05, 3.63) is 80.6 Å². The lowest BCUT2D eigenvalue weighted by Gasteiger charge is -2.05. The van der Waals surface area contributed by atoms with Crippen LogP contribution in [0.4, 0.5) is 5.69 Å². The number of hydrazone groups is 1. The number of hydrogen-bond donors (Lipinski definition) is 1. The Morgan fingerprint density at radius 3 is 2.60 bits per heavy atom. The van der Waals surface area contributed by atoms with Gasteiger partial charge in [0.1, 0.15) is 11.3 Å². The fraction of sp³-hybridized carbons (Fsp3) is 0.158. The number of amides is 1. The molecular weight excluding hydrogens is 428 g/mol. The number of aromatic nitrogens is 3. The summed E-state index contributed by atoms with van der Waals surface area (Å²) >= 11 is 7.36. The van der Waals surface area contributed by atoms with Gasteiger partial charge in [-0.1, -0.05) is 41.6 Å². The molecule has 0 aliphatic rings. The Morgan fingerprint density at radius 2 is 1.97 bits per heavy atom. The smallest absolute Gasteiger partial charge is 0.288 e. The predicted molar refractivity (Wildman–Crippen MR) is 115 cm³/mol. The molecule has 1 amide bonds. The minimum Gasteiger partial charge on any atom is -0.312 e. The first kappa shape index (κ1) is 21.5. The number of benzene rings is 2. The van der Waals surface area contributed by atoms with Gasteiger partial charge in [-0.2, -0.15) is 5.10 Å².